The van der Waals surface area contributed by atoms with Crippen molar-refractivity contribution in [3.63, 3.8) is 0 Å². The molecule has 1 aliphatic carbocycles. The van der Waals surface area contributed by atoms with E-state index in [0.717, 1.165) is 25.2 Å². The molecular weight excluding hydrogens is 311 g/mol. The van der Waals surface area contributed by atoms with E-state index in [4.69, 9.17) is 0 Å². The highest BCUT2D eigenvalue weighted by Crippen LogP contribution is 2.58. The molecular formula is C22H43OP. The Morgan fingerprint density at radius 3 is 1.83 bits per heavy atom. The fraction of sp³-hybridized carbons (Fsp3) is 0.909. The molecule has 0 heterocycles. The Balaban J connectivity index is 2.84. The van der Waals surface area contributed by atoms with E-state index in [2.05, 4.69) is 39.8 Å². The molecule has 0 fully saturated rings. The Morgan fingerprint density at radius 2 is 1.46 bits per heavy atom. The second-order valence-electron chi connectivity index (χ2n) is 8.09. The van der Waals surface area contributed by atoms with Gasteiger partial charge in [-0.05, 0) is 31.1 Å². The van der Waals surface area contributed by atoms with Crippen LogP contribution in [0.1, 0.15) is 98.3 Å². The molecule has 24 heavy (non-hydrogen) atoms. The van der Waals surface area contributed by atoms with Gasteiger partial charge >= 0.3 is 0 Å². The highest BCUT2D eigenvalue weighted by molar-refractivity contribution is 7.64. The van der Waals surface area contributed by atoms with E-state index in [1.807, 2.05) is 0 Å². The molecule has 3 unspecified atom stereocenters. The molecule has 1 rings (SSSR count). The first-order valence-corrected chi connectivity index (χ1v) is 13.0. The van der Waals surface area contributed by atoms with Gasteiger partial charge in [-0.15, -0.1) is 0 Å². The van der Waals surface area contributed by atoms with E-state index in [0.29, 0.717) is 17.5 Å². The zero-order valence-corrected chi connectivity index (χ0v) is 17.8. The van der Waals surface area contributed by atoms with Gasteiger partial charge in [0.05, 0.1) is 7.14 Å². The molecule has 0 saturated heterocycles. The van der Waals surface area contributed by atoms with Crippen LogP contribution in [0.3, 0.4) is 0 Å². The summed E-state index contributed by atoms with van der Waals surface area (Å²) in [7, 11) is -2.07. The van der Waals surface area contributed by atoms with Crippen molar-refractivity contribution in [3.05, 3.63) is 12.2 Å². The van der Waals surface area contributed by atoms with E-state index in [9.17, 15) is 4.57 Å². The number of allylic oxidation sites excluding steroid dienone is 2. The summed E-state index contributed by atoms with van der Waals surface area (Å²) in [5, 5.41) is 0. The average molecular weight is 355 g/mol. The van der Waals surface area contributed by atoms with Gasteiger partial charge in [-0.25, -0.2) is 0 Å². The Bertz CT molecular complexity index is 365. The van der Waals surface area contributed by atoms with Gasteiger partial charge in [-0.3, -0.25) is 0 Å². The molecule has 1 nitrogen and oxygen atoms in total. The summed E-state index contributed by atoms with van der Waals surface area (Å²) in [5.41, 5.74) is 0.480. The van der Waals surface area contributed by atoms with Gasteiger partial charge < -0.3 is 4.57 Å². The van der Waals surface area contributed by atoms with E-state index in [1.165, 1.54) is 57.8 Å². The minimum atomic E-state index is -2.07. The molecule has 0 bridgehead atoms. The molecule has 0 spiro atoms. The summed E-state index contributed by atoms with van der Waals surface area (Å²) in [6.07, 6.45) is 20.2. The number of rotatable bonds is 13. The third-order valence-corrected chi connectivity index (χ3v) is 10.2. The summed E-state index contributed by atoms with van der Waals surface area (Å²) in [6, 6.07) is 0. The summed E-state index contributed by atoms with van der Waals surface area (Å²) in [6.45, 7) is 9.16. The standard InChI is InChI=1S/C22H43OP/c1-5-9-14-20(7-3)18-24(23,22-16-12-11-13-17-22)19-21(8-4)15-10-6-2/h11-12,20-22H,5-10,13-19H2,1-4H3. The van der Waals surface area contributed by atoms with Gasteiger partial charge in [0, 0.05) is 18.0 Å². The van der Waals surface area contributed by atoms with Crippen LogP contribution in [-0.2, 0) is 4.57 Å². The molecule has 0 aromatic heterocycles. The van der Waals surface area contributed by atoms with E-state index < -0.39 is 7.14 Å². The van der Waals surface area contributed by atoms with Crippen LogP contribution in [-0.4, -0.2) is 18.0 Å². The smallest absolute Gasteiger partial charge is 0.0915 e. The van der Waals surface area contributed by atoms with Crippen LogP contribution in [0.4, 0.5) is 0 Å². The van der Waals surface area contributed by atoms with Crippen LogP contribution in [0.5, 0.6) is 0 Å². The fourth-order valence-corrected chi connectivity index (χ4v) is 8.79. The number of hydrogen-bond acceptors (Lipinski definition) is 1. The van der Waals surface area contributed by atoms with E-state index in [-0.39, 0.29) is 0 Å². The second-order valence-corrected chi connectivity index (χ2v) is 11.5. The van der Waals surface area contributed by atoms with Crippen LogP contribution >= 0.6 is 7.14 Å². The van der Waals surface area contributed by atoms with Crippen molar-refractivity contribution in [1.82, 2.24) is 0 Å². The van der Waals surface area contributed by atoms with Gasteiger partial charge in [0.15, 0.2) is 0 Å². The monoisotopic (exact) mass is 354 g/mol. The Morgan fingerprint density at radius 1 is 0.917 bits per heavy atom. The van der Waals surface area contributed by atoms with Crippen molar-refractivity contribution in [3.8, 4) is 0 Å². The summed E-state index contributed by atoms with van der Waals surface area (Å²) >= 11 is 0. The van der Waals surface area contributed by atoms with Crippen molar-refractivity contribution in [2.75, 3.05) is 12.3 Å². The van der Waals surface area contributed by atoms with Crippen molar-refractivity contribution < 1.29 is 4.57 Å². The summed E-state index contributed by atoms with van der Waals surface area (Å²) in [5.74, 6) is 1.37. The van der Waals surface area contributed by atoms with Crippen LogP contribution in [0.25, 0.3) is 0 Å². The lowest BCUT2D eigenvalue weighted by atomic mass is 10.0. The zero-order chi connectivity index (χ0) is 17.8. The highest BCUT2D eigenvalue weighted by Gasteiger charge is 2.36. The lowest BCUT2D eigenvalue weighted by Gasteiger charge is -2.34. The van der Waals surface area contributed by atoms with Crippen molar-refractivity contribution >= 4 is 7.14 Å². The molecule has 0 aromatic rings. The Hall–Kier alpha value is -0.0300. The zero-order valence-electron chi connectivity index (χ0n) is 16.9. The third-order valence-electron chi connectivity index (χ3n) is 6.13. The summed E-state index contributed by atoms with van der Waals surface area (Å²) in [4.78, 5) is 0. The minimum absolute atomic E-state index is 0.480. The first kappa shape index (κ1) is 22.0. The summed E-state index contributed by atoms with van der Waals surface area (Å²) < 4.78 is 14.2. The Kier molecular flexibility index (Phi) is 11.3. The maximum Gasteiger partial charge on any atom is 0.0915 e. The van der Waals surface area contributed by atoms with Gasteiger partial charge in [0.1, 0.15) is 0 Å². The molecule has 2 heteroatoms. The van der Waals surface area contributed by atoms with Gasteiger partial charge in [-0.1, -0.05) is 91.2 Å². The lowest BCUT2D eigenvalue weighted by Crippen LogP contribution is -2.22. The molecule has 0 saturated carbocycles. The molecule has 0 aromatic carbocycles. The maximum atomic E-state index is 14.2. The lowest BCUT2D eigenvalue weighted by molar-refractivity contribution is 0.455. The minimum Gasteiger partial charge on any atom is -0.323 e. The van der Waals surface area contributed by atoms with Crippen molar-refractivity contribution in [2.45, 2.75) is 104 Å². The molecule has 142 valence electrons. The topological polar surface area (TPSA) is 17.1 Å². The number of unbranched alkanes of at least 4 members (excludes halogenated alkanes) is 2. The predicted octanol–water partition coefficient (Wildman–Crippen LogP) is 7.89. The van der Waals surface area contributed by atoms with Crippen LogP contribution in [0, 0.1) is 11.8 Å². The van der Waals surface area contributed by atoms with Crippen molar-refractivity contribution in [1.29, 1.82) is 0 Å². The first-order chi connectivity index (χ1) is 11.6. The molecule has 0 amide bonds. The average Bonchev–Trinajstić information content (AvgIpc) is 2.62. The Labute approximate surface area is 152 Å². The molecule has 0 aliphatic heterocycles. The molecule has 0 N–H and O–H groups in total. The quantitative estimate of drug-likeness (QED) is 0.243. The van der Waals surface area contributed by atoms with Gasteiger partial charge in [0.2, 0.25) is 0 Å². The maximum absolute atomic E-state index is 14.2. The molecule has 1 aliphatic rings. The second kappa shape index (κ2) is 12.3. The highest BCUT2D eigenvalue weighted by atomic mass is 31.2. The van der Waals surface area contributed by atoms with Gasteiger partial charge in [-0.2, -0.15) is 0 Å². The molecule has 0 radical (unpaired) electrons. The molecule has 3 atom stereocenters. The van der Waals surface area contributed by atoms with Crippen LogP contribution in [0.2, 0.25) is 0 Å². The largest absolute Gasteiger partial charge is 0.323 e. The first-order valence-electron chi connectivity index (χ1n) is 10.8. The fourth-order valence-electron chi connectivity index (χ4n) is 4.29. The predicted molar refractivity (Wildman–Crippen MR) is 111 cm³/mol. The number of hydrogen-bond donors (Lipinski definition) is 0. The van der Waals surface area contributed by atoms with Gasteiger partial charge in [0.25, 0.3) is 0 Å². The van der Waals surface area contributed by atoms with Crippen LogP contribution < -0.4 is 0 Å². The van der Waals surface area contributed by atoms with Crippen LogP contribution in [0.15, 0.2) is 12.2 Å². The SMILES string of the molecule is CCCCC(CC)CP(=O)(CC(CC)CCCC)C1CC=CCC1. The van der Waals surface area contributed by atoms with E-state index >= 15 is 0 Å². The normalized spacial score (nSPS) is 22.9. The third kappa shape index (κ3) is 7.47. The van der Waals surface area contributed by atoms with E-state index in [1.54, 1.807) is 0 Å². The van der Waals surface area contributed by atoms with Crippen molar-refractivity contribution in [2.24, 2.45) is 11.8 Å².